The van der Waals surface area contributed by atoms with Gasteiger partial charge in [0.05, 0.1) is 12.7 Å². The van der Waals surface area contributed by atoms with E-state index in [1.807, 2.05) is 6.07 Å². The van der Waals surface area contributed by atoms with Crippen LogP contribution in [0.2, 0.25) is 0 Å². The third kappa shape index (κ3) is 1.61. The van der Waals surface area contributed by atoms with E-state index in [-0.39, 0.29) is 5.78 Å². The zero-order valence-corrected chi connectivity index (χ0v) is 9.76. The average molecular weight is 234 g/mol. The number of fused-ring (bicyclic) bond motifs is 1. The van der Waals surface area contributed by atoms with Crippen molar-refractivity contribution in [1.29, 1.82) is 0 Å². The highest BCUT2D eigenvalue weighted by Gasteiger charge is 2.13. The molecule has 0 N–H and O–H groups in total. The Morgan fingerprint density at radius 1 is 1.44 bits per heavy atom. The lowest BCUT2D eigenvalue weighted by atomic mass is 10.1. The predicted octanol–water partition coefficient (Wildman–Crippen LogP) is 2.93. The average Bonchev–Trinajstić information content (AvgIpc) is 2.65. The largest absolute Gasteiger partial charge is 0.487 e. The lowest BCUT2D eigenvalue weighted by Crippen LogP contribution is -1.91. The molecular formula is C12H10O3S. The highest BCUT2D eigenvalue weighted by Crippen LogP contribution is 2.36. The molecule has 1 heterocycles. The van der Waals surface area contributed by atoms with E-state index < -0.39 is 0 Å². The van der Waals surface area contributed by atoms with Crippen molar-refractivity contribution in [1.82, 2.24) is 0 Å². The highest BCUT2D eigenvalue weighted by molar-refractivity contribution is 7.21. The molecule has 0 aliphatic carbocycles. The van der Waals surface area contributed by atoms with Crippen LogP contribution in [0, 0.1) is 0 Å². The minimum atomic E-state index is -0.0103. The summed E-state index contributed by atoms with van der Waals surface area (Å²) in [6, 6.07) is 5.34. The second-order valence-electron chi connectivity index (χ2n) is 3.39. The number of rotatable bonds is 3. The Labute approximate surface area is 96.6 Å². The monoisotopic (exact) mass is 234 g/mol. The van der Waals surface area contributed by atoms with Crippen molar-refractivity contribution in [2.24, 2.45) is 0 Å². The molecule has 0 aliphatic rings. The Hall–Kier alpha value is -1.68. The van der Waals surface area contributed by atoms with E-state index in [4.69, 9.17) is 4.74 Å². The Morgan fingerprint density at radius 2 is 2.19 bits per heavy atom. The van der Waals surface area contributed by atoms with Crippen LogP contribution >= 0.6 is 11.3 Å². The van der Waals surface area contributed by atoms with E-state index >= 15 is 0 Å². The molecular weight excluding hydrogens is 224 g/mol. The number of aldehydes is 1. The van der Waals surface area contributed by atoms with Gasteiger partial charge in [0.2, 0.25) is 0 Å². The molecule has 0 spiro atoms. The van der Waals surface area contributed by atoms with Gasteiger partial charge in [-0.1, -0.05) is 11.3 Å². The van der Waals surface area contributed by atoms with E-state index in [1.54, 1.807) is 12.1 Å². The first-order valence-corrected chi connectivity index (χ1v) is 5.55. The van der Waals surface area contributed by atoms with Crippen molar-refractivity contribution in [2.75, 3.05) is 7.11 Å². The van der Waals surface area contributed by atoms with Gasteiger partial charge in [0.15, 0.2) is 17.1 Å². The minimum absolute atomic E-state index is 0.0103. The standard InChI is InChI=1S/C12H10O3S/c1-7(14)8-3-4-11-9(5-8)10(6-13)12(15-2)16-11/h3-6H,1-2H3. The summed E-state index contributed by atoms with van der Waals surface area (Å²) in [6.45, 7) is 1.51. The molecule has 82 valence electrons. The van der Waals surface area contributed by atoms with E-state index in [9.17, 15) is 9.59 Å². The van der Waals surface area contributed by atoms with Gasteiger partial charge >= 0.3 is 0 Å². The molecule has 0 unspecified atom stereocenters. The first kappa shape index (κ1) is 10.8. The highest BCUT2D eigenvalue weighted by atomic mass is 32.1. The molecule has 0 saturated carbocycles. The number of ether oxygens (including phenoxy) is 1. The predicted molar refractivity (Wildman–Crippen MR) is 63.8 cm³/mol. The molecule has 4 heteroatoms. The molecule has 1 aromatic heterocycles. The topological polar surface area (TPSA) is 43.4 Å². The molecule has 0 radical (unpaired) electrons. The fourth-order valence-corrected chi connectivity index (χ4v) is 2.54. The van der Waals surface area contributed by atoms with Crippen molar-refractivity contribution in [3.8, 4) is 5.06 Å². The van der Waals surface area contributed by atoms with Crippen LogP contribution in [0.25, 0.3) is 10.1 Å². The molecule has 16 heavy (non-hydrogen) atoms. The minimum Gasteiger partial charge on any atom is -0.487 e. The first-order chi connectivity index (χ1) is 7.67. The second-order valence-corrected chi connectivity index (χ2v) is 4.41. The van der Waals surface area contributed by atoms with Gasteiger partial charge in [0.1, 0.15) is 0 Å². The number of hydrogen-bond acceptors (Lipinski definition) is 4. The molecule has 3 nitrogen and oxygen atoms in total. The quantitative estimate of drug-likeness (QED) is 0.605. The molecule has 0 fully saturated rings. The normalized spacial score (nSPS) is 10.4. The lowest BCUT2D eigenvalue weighted by Gasteiger charge is -1.96. The number of thiophene rings is 1. The Morgan fingerprint density at radius 3 is 2.75 bits per heavy atom. The molecule has 0 bridgehead atoms. The summed E-state index contributed by atoms with van der Waals surface area (Å²) in [5, 5.41) is 1.37. The van der Waals surface area contributed by atoms with E-state index in [0.29, 0.717) is 16.2 Å². The SMILES string of the molecule is COc1sc2ccc(C(C)=O)cc2c1C=O. The molecule has 1 aromatic carbocycles. The first-order valence-electron chi connectivity index (χ1n) is 4.74. The van der Waals surface area contributed by atoms with Crippen LogP contribution in [0.3, 0.4) is 0 Å². The number of methoxy groups -OCH3 is 1. The molecule has 2 aromatic rings. The van der Waals surface area contributed by atoms with Crippen molar-refractivity contribution < 1.29 is 14.3 Å². The van der Waals surface area contributed by atoms with Crippen LogP contribution in [0.15, 0.2) is 18.2 Å². The van der Waals surface area contributed by atoms with E-state index in [1.165, 1.54) is 25.4 Å². The number of Topliss-reactive ketones (excluding diaryl/α,β-unsaturated/α-hetero) is 1. The van der Waals surface area contributed by atoms with E-state index in [0.717, 1.165) is 16.4 Å². The van der Waals surface area contributed by atoms with Gasteiger partial charge in [0.25, 0.3) is 0 Å². The molecule has 0 atom stereocenters. The Kier molecular flexibility index (Phi) is 2.75. The molecule has 0 saturated heterocycles. The van der Waals surface area contributed by atoms with Gasteiger partial charge < -0.3 is 4.74 Å². The van der Waals surface area contributed by atoms with Gasteiger partial charge in [-0.2, -0.15) is 0 Å². The summed E-state index contributed by atoms with van der Waals surface area (Å²) < 4.78 is 6.07. The summed E-state index contributed by atoms with van der Waals surface area (Å²) in [6.07, 6.45) is 0.765. The number of benzene rings is 1. The van der Waals surface area contributed by atoms with Gasteiger partial charge in [-0.15, -0.1) is 0 Å². The smallest absolute Gasteiger partial charge is 0.185 e. The van der Waals surface area contributed by atoms with Gasteiger partial charge in [-0.25, -0.2) is 0 Å². The summed E-state index contributed by atoms with van der Waals surface area (Å²) in [7, 11) is 1.53. The lowest BCUT2D eigenvalue weighted by molar-refractivity contribution is 0.101. The van der Waals surface area contributed by atoms with Gasteiger partial charge in [-0.3, -0.25) is 9.59 Å². The van der Waals surface area contributed by atoms with Crippen LogP contribution in [0.5, 0.6) is 5.06 Å². The molecule has 0 amide bonds. The van der Waals surface area contributed by atoms with E-state index in [2.05, 4.69) is 0 Å². The van der Waals surface area contributed by atoms with Crippen LogP contribution in [-0.4, -0.2) is 19.2 Å². The van der Waals surface area contributed by atoms with Crippen LogP contribution in [0.1, 0.15) is 27.6 Å². The van der Waals surface area contributed by atoms with Crippen LogP contribution < -0.4 is 4.74 Å². The van der Waals surface area contributed by atoms with Gasteiger partial charge in [-0.05, 0) is 25.1 Å². The van der Waals surface area contributed by atoms with Crippen LogP contribution in [0.4, 0.5) is 0 Å². The summed E-state index contributed by atoms with van der Waals surface area (Å²) >= 11 is 1.40. The third-order valence-corrected chi connectivity index (χ3v) is 3.55. The van der Waals surface area contributed by atoms with Crippen molar-refractivity contribution in [3.05, 3.63) is 29.3 Å². The third-order valence-electron chi connectivity index (χ3n) is 2.40. The zero-order valence-electron chi connectivity index (χ0n) is 8.94. The fraction of sp³-hybridized carbons (Fsp3) is 0.167. The number of carbonyl (C=O) groups is 2. The molecule has 2 rings (SSSR count). The Balaban J connectivity index is 2.75. The fourth-order valence-electron chi connectivity index (χ4n) is 1.58. The van der Waals surface area contributed by atoms with Crippen molar-refractivity contribution in [2.45, 2.75) is 6.92 Å². The summed E-state index contributed by atoms with van der Waals surface area (Å²) in [5.74, 6) is -0.0103. The number of carbonyl (C=O) groups excluding carboxylic acids is 2. The van der Waals surface area contributed by atoms with Gasteiger partial charge in [0, 0.05) is 15.6 Å². The maximum absolute atomic E-state index is 11.2. The Bertz CT molecular complexity index is 569. The zero-order chi connectivity index (χ0) is 11.7. The number of ketones is 1. The van der Waals surface area contributed by atoms with Crippen LogP contribution in [-0.2, 0) is 0 Å². The molecule has 0 aliphatic heterocycles. The maximum atomic E-state index is 11.2. The van der Waals surface area contributed by atoms with Crippen molar-refractivity contribution in [3.63, 3.8) is 0 Å². The number of hydrogen-bond donors (Lipinski definition) is 0. The summed E-state index contributed by atoms with van der Waals surface area (Å²) in [4.78, 5) is 22.2. The summed E-state index contributed by atoms with van der Waals surface area (Å²) in [5.41, 5.74) is 1.13. The van der Waals surface area contributed by atoms with Crippen molar-refractivity contribution >= 4 is 33.5 Å². The second kappa shape index (κ2) is 4.06. The maximum Gasteiger partial charge on any atom is 0.185 e.